The number of nitrogens with zero attached hydrogens (tertiary/aromatic N) is 2. The number of hydrogen-bond donors (Lipinski definition) is 1. The summed E-state index contributed by atoms with van der Waals surface area (Å²) in [6.07, 6.45) is 1.46. The lowest BCUT2D eigenvalue weighted by Gasteiger charge is -2.09. The molecule has 0 bridgehead atoms. The van der Waals surface area contributed by atoms with Gasteiger partial charge in [-0.25, -0.2) is 5.43 Å². The largest absolute Gasteiger partial charge is 0.488 e. The molecule has 0 spiro atoms. The van der Waals surface area contributed by atoms with Crippen molar-refractivity contribution in [2.24, 2.45) is 5.10 Å². The average molecular weight is 563 g/mol. The predicted molar refractivity (Wildman–Crippen MR) is 133 cm³/mol. The fourth-order valence-corrected chi connectivity index (χ4v) is 3.81. The molecule has 0 saturated heterocycles. The van der Waals surface area contributed by atoms with Gasteiger partial charge in [-0.15, -0.1) is 0 Å². The topological polar surface area (TPSA) is 107 Å². The molecule has 172 valence electrons. The van der Waals surface area contributed by atoms with E-state index in [-0.39, 0.29) is 11.4 Å². The van der Waals surface area contributed by atoms with Gasteiger partial charge in [-0.05, 0) is 69.5 Å². The van der Waals surface area contributed by atoms with Crippen LogP contribution in [-0.4, -0.2) is 17.0 Å². The zero-order valence-corrected chi connectivity index (χ0v) is 20.2. The molecular weight excluding hydrogens is 549 g/mol. The zero-order valence-electron chi connectivity index (χ0n) is 17.1. The Labute approximate surface area is 211 Å². The minimum absolute atomic E-state index is 0.0140. The number of nitro groups is 1. The standard InChI is InChI=1S/C23H14BrCl2N3O5/c24-17-7-13(2-5-21(17)33-12-14-1-4-18(25)19(26)8-14)11-27-28-23(30)22-10-15-9-16(29(31)32)3-6-20(15)34-22/h1-11H,12H2,(H,28,30)/b27-11-. The number of hydrogen-bond acceptors (Lipinski definition) is 6. The third kappa shape index (κ3) is 5.56. The van der Waals surface area contributed by atoms with Crippen LogP contribution in [0.1, 0.15) is 21.7 Å². The Bertz CT molecular complexity index is 1440. The normalized spacial score (nSPS) is 11.1. The Morgan fingerprint density at radius 3 is 2.68 bits per heavy atom. The van der Waals surface area contributed by atoms with Crippen molar-refractivity contribution < 1.29 is 18.9 Å². The molecule has 1 amide bonds. The van der Waals surface area contributed by atoms with Crippen molar-refractivity contribution in [3.8, 4) is 5.75 Å². The van der Waals surface area contributed by atoms with Crippen molar-refractivity contribution in [2.45, 2.75) is 6.61 Å². The molecule has 4 rings (SSSR count). The van der Waals surface area contributed by atoms with E-state index in [2.05, 4.69) is 26.5 Å². The van der Waals surface area contributed by atoms with Crippen LogP contribution in [-0.2, 0) is 6.61 Å². The average Bonchev–Trinajstić information content (AvgIpc) is 3.24. The van der Waals surface area contributed by atoms with E-state index in [0.717, 1.165) is 5.56 Å². The Balaban J connectivity index is 1.37. The Morgan fingerprint density at radius 2 is 1.94 bits per heavy atom. The molecule has 1 heterocycles. The SMILES string of the molecule is O=C(N/N=C\c1ccc(OCc2ccc(Cl)c(Cl)c2)c(Br)c1)c1cc2cc([N+](=O)[O-])ccc2o1. The van der Waals surface area contributed by atoms with E-state index in [1.807, 2.05) is 6.07 Å². The van der Waals surface area contributed by atoms with Crippen LogP contribution in [0.15, 0.2) is 74.7 Å². The predicted octanol–water partition coefficient (Wildman–Crippen LogP) is 6.75. The first-order valence-corrected chi connectivity index (χ1v) is 11.2. The van der Waals surface area contributed by atoms with E-state index in [1.54, 1.807) is 30.3 Å². The lowest BCUT2D eigenvalue weighted by molar-refractivity contribution is -0.384. The summed E-state index contributed by atoms with van der Waals surface area (Å²) >= 11 is 15.4. The van der Waals surface area contributed by atoms with Crippen molar-refractivity contribution in [2.75, 3.05) is 0 Å². The molecular formula is C23H14BrCl2N3O5. The Kier molecular flexibility index (Phi) is 7.16. The van der Waals surface area contributed by atoms with E-state index < -0.39 is 10.8 Å². The van der Waals surface area contributed by atoms with Crippen LogP contribution in [0.4, 0.5) is 5.69 Å². The van der Waals surface area contributed by atoms with Crippen LogP contribution in [0, 0.1) is 10.1 Å². The number of nitrogens with one attached hydrogen (secondary N) is 1. The number of fused-ring (bicyclic) bond motifs is 1. The molecule has 0 saturated carbocycles. The quantitative estimate of drug-likeness (QED) is 0.152. The van der Waals surface area contributed by atoms with E-state index in [1.165, 1.54) is 30.5 Å². The molecule has 0 aliphatic carbocycles. The summed E-state index contributed by atoms with van der Waals surface area (Å²) in [7, 11) is 0. The minimum atomic E-state index is -0.587. The van der Waals surface area contributed by atoms with E-state index in [4.69, 9.17) is 32.4 Å². The van der Waals surface area contributed by atoms with Gasteiger partial charge in [0.1, 0.15) is 17.9 Å². The number of halogens is 3. The molecule has 8 nitrogen and oxygen atoms in total. The van der Waals surface area contributed by atoms with Crippen molar-refractivity contribution >= 4 is 67.9 Å². The van der Waals surface area contributed by atoms with Crippen molar-refractivity contribution in [1.82, 2.24) is 5.43 Å². The number of benzene rings is 3. The number of nitro benzene ring substituents is 1. The van der Waals surface area contributed by atoms with Crippen LogP contribution in [0.25, 0.3) is 11.0 Å². The maximum Gasteiger partial charge on any atom is 0.307 e. The molecule has 1 aromatic heterocycles. The highest BCUT2D eigenvalue weighted by molar-refractivity contribution is 9.10. The number of ether oxygens (including phenoxy) is 1. The first kappa shape index (κ1) is 23.7. The summed E-state index contributed by atoms with van der Waals surface area (Å²) in [5, 5.41) is 16.2. The lowest BCUT2D eigenvalue weighted by atomic mass is 10.2. The van der Waals surface area contributed by atoms with Gasteiger partial charge in [-0.2, -0.15) is 5.10 Å². The molecule has 3 aromatic carbocycles. The fraction of sp³-hybridized carbons (Fsp3) is 0.0435. The lowest BCUT2D eigenvalue weighted by Crippen LogP contribution is -2.16. The van der Waals surface area contributed by atoms with Gasteiger partial charge in [-0.1, -0.05) is 29.3 Å². The maximum atomic E-state index is 12.3. The molecule has 0 unspecified atom stereocenters. The summed E-state index contributed by atoms with van der Waals surface area (Å²) in [6, 6.07) is 16.1. The summed E-state index contributed by atoms with van der Waals surface area (Å²) in [6.45, 7) is 0.305. The van der Waals surface area contributed by atoms with Gasteiger partial charge in [0.15, 0.2) is 5.76 Å². The van der Waals surface area contributed by atoms with Gasteiger partial charge >= 0.3 is 5.91 Å². The highest BCUT2D eigenvalue weighted by atomic mass is 79.9. The number of furan rings is 1. The number of carbonyl (C=O) groups excluding carboxylic acids is 1. The molecule has 4 aromatic rings. The molecule has 0 fully saturated rings. The first-order valence-electron chi connectivity index (χ1n) is 9.68. The summed E-state index contributed by atoms with van der Waals surface area (Å²) in [5.41, 5.74) is 4.21. The molecule has 11 heteroatoms. The maximum absolute atomic E-state index is 12.3. The van der Waals surface area contributed by atoms with Gasteiger partial charge in [0.05, 0.1) is 25.7 Å². The monoisotopic (exact) mass is 561 g/mol. The Morgan fingerprint density at radius 1 is 1.12 bits per heavy atom. The number of amides is 1. The highest BCUT2D eigenvalue weighted by Gasteiger charge is 2.14. The molecule has 0 radical (unpaired) electrons. The first-order chi connectivity index (χ1) is 16.3. The summed E-state index contributed by atoms with van der Waals surface area (Å²) < 4.78 is 11.9. The minimum Gasteiger partial charge on any atom is -0.488 e. The van der Waals surface area contributed by atoms with Crippen LogP contribution < -0.4 is 10.2 Å². The second-order valence-electron chi connectivity index (χ2n) is 7.02. The second-order valence-corrected chi connectivity index (χ2v) is 8.68. The van der Waals surface area contributed by atoms with Crippen molar-refractivity contribution in [3.63, 3.8) is 0 Å². The Hall–Kier alpha value is -3.40. The van der Waals surface area contributed by atoms with Crippen LogP contribution in [0.5, 0.6) is 5.75 Å². The second kappa shape index (κ2) is 10.3. The summed E-state index contributed by atoms with van der Waals surface area (Å²) in [5.74, 6) is 0.0132. The van der Waals surface area contributed by atoms with Crippen LogP contribution in [0.3, 0.4) is 0 Å². The molecule has 0 aliphatic rings. The van der Waals surface area contributed by atoms with Gasteiger partial charge in [0, 0.05) is 17.5 Å². The van der Waals surface area contributed by atoms with Gasteiger partial charge in [0.25, 0.3) is 5.69 Å². The van der Waals surface area contributed by atoms with Gasteiger partial charge < -0.3 is 9.15 Å². The van der Waals surface area contributed by atoms with E-state index in [0.29, 0.717) is 43.4 Å². The zero-order chi connectivity index (χ0) is 24.2. The van der Waals surface area contributed by atoms with Crippen molar-refractivity contribution in [3.05, 3.63) is 102 Å². The molecule has 0 aliphatic heterocycles. The van der Waals surface area contributed by atoms with Crippen LogP contribution in [0.2, 0.25) is 10.0 Å². The summed E-state index contributed by atoms with van der Waals surface area (Å²) in [4.78, 5) is 22.7. The van der Waals surface area contributed by atoms with E-state index >= 15 is 0 Å². The van der Waals surface area contributed by atoms with Crippen molar-refractivity contribution in [1.29, 1.82) is 0 Å². The van der Waals surface area contributed by atoms with Gasteiger partial charge in [0.2, 0.25) is 0 Å². The molecule has 1 N–H and O–H groups in total. The molecule has 34 heavy (non-hydrogen) atoms. The highest BCUT2D eigenvalue weighted by Crippen LogP contribution is 2.28. The number of hydrazone groups is 1. The van der Waals surface area contributed by atoms with E-state index in [9.17, 15) is 14.9 Å². The third-order valence-electron chi connectivity index (χ3n) is 4.65. The van der Waals surface area contributed by atoms with Crippen LogP contribution >= 0.6 is 39.1 Å². The smallest absolute Gasteiger partial charge is 0.307 e. The number of non-ortho nitro benzene ring substituents is 1. The molecule has 0 atom stereocenters. The third-order valence-corrected chi connectivity index (χ3v) is 6.01. The van der Waals surface area contributed by atoms with Gasteiger partial charge in [-0.3, -0.25) is 14.9 Å². The fourth-order valence-electron chi connectivity index (χ4n) is 2.98. The number of rotatable bonds is 7. The number of carbonyl (C=O) groups is 1.